The number of carbonyl (C=O) groups is 1. The molecule has 0 radical (unpaired) electrons. The van der Waals surface area contributed by atoms with Crippen molar-refractivity contribution in [3.8, 4) is 0 Å². The lowest BCUT2D eigenvalue weighted by Crippen LogP contribution is -2.46. The molecule has 0 bridgehead atoms. The second-order valence-corrected chi connectivity index (χ2v) is 4.55. The molecule has 0 spiro atoms. The molecule has 1 amide bonds. The average molecular weight is 236 g/mol. The molecule has 0 aliphatic carbocycles. The van der Waals surface area contributed by atoms with Crippen molar-refractivity contribution < 1.29 is 4.79 Å². The second kappa shape index (κ2) is 5.82. The lowest BCUT2D eigenvalue weighted by molar-refractivity contribution is -0.133. The largest absolute Gasteiger partial charge is 0.341 e. The number of aromatic nitrogens is 2. The summed E-state index contributed by atoms with van der Waals surface area (Å²) in [6.07, 6.45) is 7.72. The van der Waals surface area contributed by atoms with Gasteiger partial charge in [-0.15, -0.1) is 0 Å². The highest BCUT2D eigenvalue weighted by molar-refractivity contribution is 5.81. The van der Waals surface area contributed by atoms with Crippen molar-refractivity contribution in [3.05, 3.63) is 18.5 Å². The van der Waals surface area contributed by atoms with Crippen LogP contribution in [0.1, 0.15) is 25.7 Å². The van der Waals surface area contributed by atoms with Gasteiger partial charge in [-0.2, -0.15) is 5.10 Å². The number of nitrogens with zero attached hydrogens (tertiary/aromatic N) is 3. The molecule has 0 aromatic carbocycles. The lowest BCUT2D eigenvalue weighted by Gasteiger charge is -2.29. The number of amides is 1. The molecular formula is C12H20N4O. The van der Waals surface area contributed by atoms with Crippen LogP contribution in [0, 0.1) is 0 Å². The quantitative estimate of drug-likeness (QED) is 0.833. The summed E-state index contributed by atoms with van der Waals surface area (Å²) in [7, 11) is 0. The summed E-state index contributed by atoms with van der Waals surface area (Å²) < 4.78 is 1.81. The fraction of sp³-hybridized carbons (Fsp3) is 0.667. The lowest BCUT2D eigenvalue weighted by atomic mass is 10.1. The number of rotatable bonds is 4. The standard InChI is InChI=1S/C12H20N4O/c13-11(5-10-16-9-4-6-14-16)12(17)15-7-2-1-3-8-15/h4,6,9,11H,1-3,5,7-8,10,13H2. The van der Waals surface area contributed by atoms with Crippen LogP contribution in [-0.4, -0.2) is 39.7 Å². The van der Waals surface area contributed by atoms with Gasteiger partial charge >= 0.3 is 0 Å². The first-order valence-corrected chi connectivity index (χ1v) is 6.29. The minimum absolute atomic E-state index is 0.0943. The molecule has 5 heteroatoms. The number of nitrogens with two attached hydrogens (primary N) is 1. The van der Waals surface area contributed by atoms with Crippen molar-refractivity contribution in [3.63, 3.8) is 0 Å². The van der Waals surface area contributed by atoms with E-state index >= 15 is 0 Å². The molecule has 1 aromatic heterocycles. The van der Waals surface area contributed by atoms with E-state index in [0.29, 0.717) is 13.0 Å². The van der Waals surface area contributed by atoms with E-state index in [9.17, 15) is 4.79 Å². The Hall–Kier alpha value is -1.36. The van der Waals surface area contributed by atoms with Crippen molar-refractivity contribution in [2.75, 3.05) is 13.1 Å². The number of aryl methyl sites for hydroxylation is 1. The van der Waals surface area contributed by atoms with Crippen LogP contribution in [0.25, 0.3) is 0 Å². The van der Waals surface area contributed by atoms with Gasteiger partial charge in [0.05, 0.1) is 6.04 Å². The maximum atomic E-state index is 12.0. The Balaban J connectivity index is 1.78. The van der Waals surface area contributed by atoms with Crippen LogP contribution in [0.3, 0.4) is 0 Å². The zero-order valence-electron chi connectivity index (χ0n) is 10.1. The first-order valence-electron chi connectivity index (χ1n) is 6.29. The predicted molar refractivity (Wildman–Crippen MR) is 65.3 cm³/mol. The summed E-state index contributed by atoms with van der Waals surface area (Å²) in [5.74, 6) is 0.0943. The van der Waals surface area contributed by atoms with E-state index in [4.69, 9.17) is 5.73 Å². The van der Waals surface area contributed by atoms with Gasteiger partial charge in [-0.05, 0) is 31.7 Å². The summed E-state index contributed by atoms with van der Waals surface area (Å²) in [5, 5.41) is 4.10. The highest BCUT2D eigenvalue weighted by atomic mass is 16.2. The van der Waals surface area contributed by atoms with Gasteiger partial charge in [-0.3, -0.25) is 9.48 Å². The SMILES string of the molecule is NC(CCn1cccn1)C(=O)N1CCCCC1. The van der Waals surface area contributed by atoms with E-state index in [0.717, 1.165) is 25.9 Å². The molecule has 0 saturated carbocycles. The zero-order valence-corrected chi connectivity index (χ0v) is 10.1. The third-order valence-electron chi connectivity index (χ3n) is 3.21. The van der Waals surface area contributed by atoms with Crippen LogP contribution in [0.15, 0.2) is 18.5 Å². The molecule has 1 aromatic rings. The molecule has 17 heavy (non-hydrogen) atoms. The first kappa shape index (κ1) is 12.1. The fourth-order valence-corrected chi connectivity index (χ4v) is 2.18. The third kappa shape index (κ3) is 3.30. The molecule has 2 rings (SSSR count). The summed E-state index contributed by atoms with van der Waals surface area (Å²) >= 11 is 0. The average Bonchev–Trinajstić information content (AvgIpc) is 2.89. The van der Waals surface area contributed by atoms with Crippen molar-refractivity contribution in [2.45, 2.75) is 38.3 Å². The Morgan fingerprint density at radius 2 is 2.12 bits per heavy atom. The first-order chi connectivity index (χ1) is 8.27. The smallest absolute Gasteiger partial charge is 0.239 e. The molecule has 1 fully saturated rings. The van der Waals surface area contributed by atoms with E-state index in [-0.39, 0.29) is 5.91 Å². The highest BCUT2D eigenvalue weighted by Crippen LogP contribution is 2.10. The van der Waals surface area contributed by atoms with Crippen LogP contribution in [-0.2, 0) is 11.3 Å². The van der Waals surface area contributed by atoms with E-state index in [2.05, 4.69) is 5.10 Å². The number of carbonyl (C=O) groups excluding carboxylic acids is 1. The maximum Gasteiger partial charge on any atom is 0.239 e. The van der Waals surface area contributed by atoms with Crippen LogP contribution in [0.4, 0.5) is 0 Å². The number of piperidine rings is 1. The van der Waals surface area contributed by atoms with Crippen molar-refractivity contribution in [2.24, 2.45) is 5.73 Å². The molecule has 5 nitrogen and oxygen atoms in total. The topological polar surface area (TPSA) is 64.2 Å². The van der Waals surface area contributed by atoms with Gasteiger partial charge in [0, 0.05) is 32.0 Å². The van der Waals surface area contributed by atoms with Gasteiger partial charge in [-0.1, -0.05) is 0 Å². The number of hydrogen-bond donors (Lipinski definition) is 1. The summed E-state index contributed by atoms with van der Waals surface area (Å²) in [5.41, 5.74) is 5.93. The summed E-state index contributed by atoms with van der Waals surface area (Å²) in [4.78, 5) is 13.9. The van der Waals surface area contributed by atoms with E-state index in [1.54, 1.807) is 6.20 Å². The molecule has 94 valence electrons. The minimum atomic E-state index is -0.391. The molecule has 1 saturated heterocycles. The van der Waals surface area contributed by atoms with Gasteiger partial charge in [0.15, 0.2) is 0 Å². The molecular weight excluding hydrogens is 216 g/mol. The van der Waals surface area contributed by atoms with Crippen LogP contribution in [0.5, 0.6) is 0 Å². The normalized spacial score (nSPS) is 18.1. The molecule has 1 aliphatic heterocycles. The molecule has 1 aliphatic rings. The number of likely N-dealkylation sites (tertiary alicyclic amines) is 1. The number of hydrogen-bond acceptors (Lipinski definition) is 3. The van der Waals surface area contributed by atoms with E-state index in [1.807, 2.05) is 21.8 Å². The molecule has 2 N–H and O–H groups in total. The van der Waals surface area contributed by atoms with E-state index in [1.165, 1.54) is 6.42 Å². The Bertz CT molecular complexity index is 343. The van der Waals surface area contributed by atoms with Crippen LogP contribution >= 0.6 is 0 Å². The Morgan fingerprint density at radius 3 is 2.76 bits per heavy atom. The van der Waals surface area contributed by atoms with Crippen molar-refractivity contribution in [1.29, 1.82) is 0 Å². The van der Waals surface area contributed by atoms with Crippen LogP contribution in [0.2, 0.25) is 0 Å². The van der Waals surface area contributed by atoms with Gasteiger partial charge in [0.1, 0.15) is 0 Å². The van der Waals surface area contributed by atoms with Gasteiger partial charge in [-0.25, -0.2) is 0 Å². The minimum Gasteiger partial charge on any atom is -0.341 e. The Morgan fingerprint density at radius 1 is 1.35 bits per heavy atom. The van der Waals surface area contributed by atoms with Crippen molar-refractivity contribution >= 4 is 5.91 Å². The van der Waals surface area contributed by atoms with Gasteiger partial charge in [0.25, 0.3) is 0 Å². The zero-order chi connectivity index (χ0) is 12.1. The van der Waals surface area contributed by atoms with Gasteiger partial charge in [0.2, 0.25) is 5.91 Å². The monoisotopic (exact) mass is 236 g/mol. The highest BCUT2D eigenvalue weighted by Gasteiger charge is 2.22. The molecule has 1 unspecified atom stereocenters. The molecule has 2 heterocycles. The second-order valence-electron chi connectivity index (χ2n) is 4.55. The third-order valence-corrected chi connectivity index (χ3v) is 3.21. The Labute approximate surface area is 102 Å². The summed E-state index contributed by atoms with van der Waals surface area (Å²) in [6.45, 7) is 2.44. The van der Waals surface area contributed by atoms with Crippen molar-refractivity contribution in [1.82, 2.24) is 14.7 Å². The predicted octanol–water partition coefficient (Wildman–Crippen LogP) is 0.613. The van der Waals surface area contributed by atoms with Gasteiger partial charge < -0.3 is 10.6 Å². The maximum absolute atomic E-state index is 12.0. The molecule has 1 atom stereocenters. The fourth-order valence-electron chi connectivity index (χ4n) is 2.18. The van der Waals surface area contributed by atoms with E-state index < -0.39 is 6.04 Å². The summed E-state index contributed by atoms with van der Waals surface area (Å²) in [6, 6.07) is 1.48. The Kier molecular flexibility index (Phi) is 4.14. The van der Waals surface area contributed by atoms with Crippen LogP contribution < -0.4 is 5.73 Å².